The van der Waals surface area contributed by atoms with Gasteiger partial charge in [-0.1, -0.05) is 152 Å². The number of anilines is 3. The van der Waals surface area contributed by atoms with Crippen molar-refractivity contribution < 1.29 is 0 Å². The van der Waals surface area contributed by atoms with E-state index in [0.717, 1.165) is 17.1 Å². The molecule has 1 nitrogen and oxygen atoms in total. The third kappa shape index (κ3) is 4.28. The zero-order valence-corrected chi connectivity index (χ0v) is 27.8. The average Bonchev–Trinajstić information content (AvgIpc) is 3.53. The normalized spacial score (nSPS) is 11.9. The number of benzene rings is 10. The molecule has 1 aliphatic carbocycles. The van der Waals surface area contributed by atoms with E-state index in [1.807, 2.05) is 0 Å². The molecule has 10 aromatic rings. The molecular weight excluding hydrogens is 615 g/mol. The highest BCUT2D eigenvalue weighted by Crippen LogP contribution is 2.51. The standard InChI is InChI=1S/C50H31N/c1-3-12-41-32(8-1)18-20-36-30-39(26-28-43(36)41)51(40-27-29-44-37(31-40)21-19-33-9-2-4-13-42(33)44)38-24-22-34(23-25-38)45-14-7-16-47-46-15-5-10-35-11-6-17-48(49(35)46)50(45)47/h1-31H. The van der Waals surface area contributed by atoms with E-state index in [2.05, 4.69) is 193 Å². The molecule has 0 radical (unpaired) electrons. The molecule has 51 heavy (non-hydrogen) atoms. The largest absolute Gasteiger partial charge is 0.310 e. The van der Waals surface area contributed by atoms with Crippen LogP contribution < -0.4 is 4.90 Å². The summed E-state index contributed by atoms with van der Waals surface area (Å²) in [7, 11) is 0. The molecule has 11 rings (SSSR count). The molecule has 0 saturated carbocycles. The van der Waals surface area contributed by atoms with Gasteiger partial charge in [0.2, 0.25) is 0 Å². The minimum atomic E-state index is 1.12. The van der Waals surface area contributed by atoms with Crippen LogP contribution in [0.1, 0.15) is 0 Å². The number of hydrogen-bond donors (Lipinski definition) is 0. The summed E-state index contributed by atoms with van der Waals surface area (Å²) in [6.07, 6.45) is 0. The summed E-state index contributed by atoms with van der Waals surface area (Å²) in [5.74, 6) is 0. The van der Waals surface area contributed by atoms with E-state index < -0.39 is 0 Å². The van der Waals surface area contributed by atoms with Crippen LogP contribution in [0.5, 0.6) is 0 Å². The summed E-state index contributed by atoms with van der Waals surface area (Å²) >= 11 is 0. The van der Waals surface area contributed by atoms with Crippen LogP contribution in [0.3, 0.4) is 0 Å². The lowest BCUT2D eigenvalue weighted by molar-refractivity contribution is 1.29. The quantitative estimate of drug-likeness (QED) is 0.172. The second-order valence-electron chi connectivity index (χ2n) is 13.7. The Balaban J connectivity index is 1.07. The predicted octanol–water partition coefficient (Wildman–Crippen LogP) is 14.2. The Hall–Kier alpha value is -6.70. The van der Waals surface area contributed by atoms with Crippen LogP contribution in [-0.4, -0.2) is 0 Å². The lowest BCUT2D eigenvalue weighted by Crippen LogP contribution is -2.10. The number of hydrogen-bond acceptors (Lipinski definition) is 1. The van der Waals surface area contributed by atoms with Crippen molar-refractivity contribution >= 4 is 70.9 Å². The first kappa shape index (κ1) is 28.2. The van der Waals surface area contributed by atoms with E-state index in [9.17, 15) is 0 Å². The number of rotatable bonds is 4. The van der Waals surface area contributed by atoms with Crippen molar-refractivity contribution in [2.45, 2.75) is 0 Å². The van der Waals surface area contributed by atoms with Gasteiger partial charge >= 0.3 is 0 Å². The molecule has 0 bridgehead atoms. The van der Waals surface area contributed by atoms with Crippen molar-refractivity contribution in [2.75, 3.05) is 4.90 Å². The van der Waals surface area contributed by atoms with E-state index in [4.69, 9.17) is 0 Å². The third-order valence-corrected chi connectivity index (χ3v) is 10.9. The van der Waals surface area contributed by atoms with Crippen LogP contribution in [-0.2, 0) is 0 Å². The first-order chi connectivity index (χ1) is 25.3. The molecule has 0 N–H and O–H groups in total. The van der Waals surface area contributed by atoms with Gasteiger partial charge in [-0.25, -0.2) is 0 Å². The van der Waals surface area contributed by atoms with Gasteiger partial charge in [0.1, 0.15) is 0 Å². The summed E-state index contributed by atoms with van der Waals surface area (Å²) in [4.78, 5) is 2.40. The molecule has 236 valence electrons. The summed E-state index contributed by atoms with van der Waals surface area (Å²) in [6.45, 7) is 0. The van der Waals surface area contributed by atoms with E-state index in [1.54, 1.807) is 0 Å². The second kappa shape index (κ2) is 10.9. The molecule has 0 aromatic heterocycles. The second-order valence-corrected chi connectivity index (χ2v) is 13.7. The predicted molar refractivity (Wildman–Crippen MR) is 219 cm³/mol. The van der Waals surface area contributed by atoms with Gasteiger partial charge in [0.25, 0.3) is 0 Å². The lowest BCUT2D eigenvalue weighted by Gasteiger charge is -2.27. The Labute approximate surface area is 296 Å². The average molecular weight is 646 g/mol. The van der Waals surface area contributed by atoms with E-state index in [-0.39, 0.29) is 0 Å². The van der Waals surface area contributed by atoms with Gasteiger partial charge in [-0.15, -0.1) is 0 Å². The first-order valence-corrected chi connectivity index (χ1v) is 17.7. The lowest BCUT2D eigenvalue weighted by atomic mass is 9.93. The van der Waals surface area contributed by atoms with Crippen molar-refractivity contribution in [1.29, 1.82) is 0 Å². The van der Waals surface area contributed by atoms with Gasteiger partial charge in [-0.05, 0) is 124 Å². The maximum absolute atomic E-state index is 2.40. The molecule has 0 unspecified atom stereocenters. The van der Waals surface area contributed by atoms with Gasteiger partial charge < -0.3 is 4.90 Å². The Bertz CT molecular complexity index is 2900. The highest BCUT2D eigenvalue weighted by molar-refractivity contribution is 6.18. The smallest absolute Gasteiger partial charge is 0.0468 e. The van der Waals surface area contributed by atoms with Gasteiger partial charge in [-0.3, -0.25) is 0 Å². The number of nitrogens with zero attached hydrogens (tertiary/aromatic N) is 1. The van der Waals surface area contributed by atoms with Gasteiger partial charge in [-0.2, -0.15) is 0 Å². The zero-order chi connectivity index (χ0) is 33.5. The molecule has 1 aliphatic rings. The van der Waals surface area contributed by atoms with Crippen molar-refractivity contribution in [2.24, 2.45) is 0 Å². The molecule has 1 heteroatoms. The highest BCUT2D eigenvalue weighted by Gasteiger charge is 2.24. The number of fused-ring (bicyclic) bond motifs is 9. The Morgan fingerprint density at radius 2 is 0.745 bits per heavy atom. The minimum Gasteiger partial charge on any atom is -0.310 e. The Morgan fingerprint density at radius 3 is 1.39 bits per heavy atom. The topological polar surface area (TPSA) is 3.24 Å². The molecule has 0 aliphatic heterocycles. The summed E-state index contributed by atoms with van der Waals surface area (Å²) in [5.41, 5.74) is 11.2. The molecule has 0 amide bonds. The summed E-state index contributed by atoms with van der Waals surface area (Å²) in [5, 5.41) is 12.7. The van der Waals surface area contributed by atoms with Crippen molar-refractivity contribution in [3.8, 4) is 33.4 Å². The first-order valence-electron chi connectivity index (χ1n) is 17.7. The monoisotopic (exact) mass is 645 g/mol. The Kier molecular flexibility index (Phi) is 6.02. The molecular formula is C50H31N. The van der Waals surface area contributed by atoms with Gasteiger partial charge in [0.15, 0.2) is 0 Å². The van der Waals surface area contributed by atoms with Crippen LogP contribution in [0.2, 0.25) is 0 Å². The molecule has 0 heterocycles. The molecule has 0 saturated heterocycles. The fourth-order valence-electron chi connectivity index (χ4n) is 8.60. The summed E-state index contributed by atoms with van der Waals surface area (Å²) < 4.78 is 0. The fraction of sp³-hybridized carbons (Fsp3) is 0. The van der Waals surface area contributed by atoms with E-state index in [1.165, 1.54) is 87.2 Å². The zero-order valence-electron chi connectivity index (χ0n) is 27.8. The molecule has 10 aromatic carbocycles. The minimum absolute atomic E-state index is 1.12. The van der Waals surface area contributed by atoms with Crippen LogP contribution in [0.4, 0.5) is 17.1 Å². The molecule has 0 spiro atoms. The Morgan fingerprint density at radius 1 is 0.275 bits per heavy atom. The molecule has 0 fully saturated rings. The van der Waals surface area contributed by atoms with Crippen LogP contribution >= 0.6 is 0 Å². The fourth-order valence-corrected chi connectivity index (χ4v) is 8.60. The SMILES string of the molecule is c1cc(-c2ccc(N(c3ccc4c(ccc5ccccc54)c3)c3ccc4c(ccc5ccccc54)c3)cc2)c2c(c1)-c1cccc3cccc-2c13. The van der Waals surface area contributed by atoms with Crippen LogP contribution in [0.25, 0.3) is 87.2 Å². The van der Waals surface area contributed by atoms with E-state index >= 15 is 0 Å². The molecule has 0 atom stereocenters. The highest BCUT2D eigenvalue weighted by atomic mass is 15.1. The van der Waals surface area contributed by atoms with Crippen molar-refractivity contribution in [1.82, 2.24) is 0 Å². The van der Waals surface area contributed by atoms with E-state index in [0.29, 0.717) is 0 Å². The van der Waals surface area contributed by atoms with Crippen molar-refractivity contribution in [3.63, 3.8) is 0 Å². The van der Waals surface area contributed by atoms with Gasteiger partial charge in [0.05, 0.1) is 0 Å². The van der Waals surface area contributed by atoms with Crippen LogP contribution in [0, 0.1) is 0 Å². The van der Waals surface area contributed by atoms with Gasteiger partial charge in [0, 0.05) is 17.1 Å². The summed E-state index contributed by atoms with van der Waals surface area (Å²) in [6, 6.07) is 69.3. The maximum atomic E-state index is 2.40. The maximum Gasteiger partial charge on any atom is 0.0468 e. The third-order valence-electron chi connectivity index (χ3n) is 10.9. The van der Waals surface area contributed by atoms with Crippen molar-refractivity contribution in [3.05, 3.63) is 188 Å². The van der Waals surface area contributed by atoms with Crippen LogP contribution in [0.15, 0.2) is 188 Å².